The van der Waals surface area contributed by atoms with Crippen LogP contribution in [0.4, 0.5) is 0 Å². The first-order chi connectivity index (χ1) is 12.0. The molecule has 1 atom stereocenters. The number of thioether (sulfide) groups is 1. The zero-order valence-corrected chi connectivity index (χ0v) is 15.6. The Labute approximate surface area is 159 Å². The van der Waals surface area contributed by atoms with Gasteiger partial charge in [-0.2, -0.15) is 0 Å². The highest BCUT2D eigenvalue weighted by Gasteiger charge is 2.29. The van der Waals surface area contributed by atoms with Crippen molar-refractivity contribution in [2.75, 3.05) is 7.05 Å². The summed E-state index contributed by atoms with van der Waals surface area (Å²) < 4.78 is 0.591. The van der Waals surface area contributed by atoms with E-state index in [0.29, 0.717) is 20.0 Å². The monoisotopic (exact) mass is 391 g/mol. The highest BCUT2D eigenvalue weighted by molar-refractivity contribution is 8.33. The van der Waals surface area contributed by atoms with Crippen LogP contribution in [-0.2, 0) is 4.84 Å². The SMILES string of the molecule is CN1N[C@H](c2ccccc2)/C(=N/OC(=O)c2ccc(Cl)cc2)SC1=S. The van der Waals surface area contributed by atoms with Gasteiger partial charge in [-0.15, -0.1) is 0 Å². The van der Waals surface area contributed by atoms with Gasteiger partial charge in [0.05, 0.1) is 5.56 Å². The first-order valence-corrected chi connectivity index (χ1v) is 8.96. The van der Waals surface area contributed by atoms with Gasteiger partial charge in [-0.3, -0.25) is 5.01 Å². The third kappa shape index (κ3) is 4.38. The number of carbonyl (C=O) groups is 1. The van der Waals surface area contributed by atoms with Gasteiger partial charge in [-0.05, 0) is 41.6 Å². The molecule has 2 aromatic rings. The lowest BCUT2D eigenvalue weighted by molar-refractivity contribution is 0.0515. The molecule has 0 spiro atoms. The van der Waals surface area contributed by atoms with Crippen molar-refractivity contribution in [3.05, 3.63) is 70.7 Å². The number of hydrogen-bond donors (Lipinski definition) is 1. The number of thiocarbonyl (C=S) groups is 1. The zero-order chi connectivity index (χ0) is 17.8. The summed E-state index contributed by atoms with van der Waals surface area (Å²) in [6.45, 7) is 0. The van der Waals surface area contributed by atoms with E-state index >= 15 is 0 Å². The standard InChI is InChI=1S/C17H14ClN3O2S2/c1-21-17(24)25-15(14(19-21)11-5-3-2-4-6-11)20-23-16(22)12-7-9-13(18)10-8-12/h2-10,14,19H,1H3/b20-15-/t14-/m1/s1. The summed E-state index contributed by atoms with van der Waals surface area (Å²) in [5.74, 6) is -0.554. The molecule has 0 radical (unpaired) electrons. The fourth-order valence-corrected chi connectivity index (χ4v) is 3.36. The molecule has 128 valence electrons. The van der Waals surface area contributed by atoms with Crippen LogP contribution in [0.3, 0.4) is 0 Å². The maximum absolute atomic E-state index is 12.1. The number of benzene rings is 2. The molecule has 2 aromatic carbocycles. The molecule has 0 bridgehead atoms. The summed E-state index contributed by atoms with van der Waals surface area (Å²) in [5, 5.41) is 6.91. The largest absolute Gasteiger partial charge is 0.365 e. The number of rotatable bonds is 3. The molecule has 0 saturated carbocycles. The van der Waals surface area contributed by atoms with Crippen molar-refractivity contribution >= 4 is 50.9 Å². The predicted octanol–water partition coefficient (Wildman–Crippen LogP) is 4.02. The minimum absolute atomic E-state index is 0.249. The second kappa shape index (κ2) is 7.97. The van der Waals surface area contributed by atoms with Crippen molar-refractivity contribution in [1.29, 1.82) is 0 Å². The van der Waals surface area contributed by atoms with Gasteiger partial charge < -0.3 is 4.84 Å². The van der Waals surface area contributed by atoms with Gasteiger partial charge in [0.25, 0.3) is 0 Å². The Morgan fingerprint density at radius 1 is 1.24 bits per heavy atom. The number of halogens is 1. The topological polar surface area (TPSA) is 53.9 Å². The van der Waals surface area contributed by atoms with E-state index in [1.165, 1.54) is 11.8 Å². The smallest absolute Gasteiger partial charge is 0.312 e. The molecule has 0 amide bonds. The first kappa shape index (κ1) is 17.9. The third-order valence-corrected chi connectivity index (χ3v) is 5.21. The van der Waals surface area contributed by atoms with Gasteiger partial charge in [0.15, 0.2) is 4.32 Å². The minimum Gasteiger partial charge on any atom is -0.312 e. The minimum atomic E-state index is -0.554. The van der Waals surface area contributed by atoms with E-state index in [9.17, 15) is 4.79 Å². The van der Waals surface area contributed by atoms with E-state index in [-0.39, 0.29) is 6.04 Å². The Kier molecular flexibility index (Phi) is 5.70. The molecule has 3 rings (SSSR count). The molecular formula is C17H14ClN3O2S2. The van der Waals surface area contributed by atoms with Gasteiger partial charge in [0, 0.05) is 12.1 Å². The highest BCUT2D eigenvalue weighted by Crippen LogP contribution is 2.28. The number of hydrogen-bond acceptors (Lipinski definition) is 6. The van der Waals surface area contributed by atoms with E-state index in [2.05, 4.69) is 10.6 Å². The molecule has 1 aliphatic rings. The van der Waals surface area contributed by atoms with Crippen LogP contribution in [0.15, 0.2) is 59.8 Å². The average molecular weight is 392 g/mol. The van der Waals surface area contributed by atoms with Crippen LogP contribution in [0.2, 0.25) is 5.02 Å². The Morgan fingerprint density at radius 2 is 1.92 bits per heavy atom. The van der Waals surface area contributed by atoms with Crippen molar-refractivity contribution in [2.45, 2.75) is 6.04 Å². The van der Waals surface area contributed by atoms with Crippen LogP contribution in [0, 0.1) is 0 Å². The summed E-state index contributed by atoms with van der Waals surface area (Å²) in [7, 11) is 1.84. The number of nitrogens with zero attached hydrogens (tertiary/aromatic N) is 2. The molecule has 1 saturated heterocycles. The molecule has 1 heterocycles. The van der Waals surface area contributed by atoms with Crippen LogP contribution in [0.5, 0.6) is 0 Å². The average Bonchev–Trinajstić information content (AvgIpc) is 2.63. The van der Waals surface area contributed by atoms with Crippen molar-refractivity contribution in [3.8, 4) is 0 Å². The summed E-state index contributed by atoms with van der Waals surface area (Å²) in [6.07, 6.45) is 0. The third-order valence-electron chi connectivity index (χ3n) is 3.47. The number of nitrogens with one attached hydrogen (secondary N) is 1. The van der Waals surface area contributed by atoms with E-state index in [0.717, 1.165) is 5.56 Å². The lowest BCUT2D eigenvalue weighted by Gasteiger charge is -2.33. The van der Waals surface area contributed by atoms with Gasteiger partial charge in [-0.1, -0.05) is 59.3 Å². The summed E-state index contributed by atoms with van der Waals surface area (Å²) in [4.78, 5) is 17.3. The maximum atomic E-state index is 12.1. The van der Waals surface area contributed by atoms with Crippen LogP contribution in [-0.4, -0.2) is 27.4 Å². The van der Waals surface area contributed by atoms with Crippen LogP contribution in [0.1, 0.15) is 22.0 Å². The molecule has 25 heavy (non-hydrogen) atoms. The molecule has 1 N–H and O–H groups in total. The second-order valence-corrected chi connectivity index (χ2v) is 7.31. The molecule has 1 aliphatic heterocycles. The molecule has 0 aromatic heterocycles. The molecule has 8 heteroatoms. The molecule has 1 fully saturated rings. The second-order valence-electron chi connectivity index (χ2n) is 5.21. The Hall–Kier alpha value is -1.93. The van der Waals surface area contributed by atoms with E-state index in [4.69, 9.17) is 28.7 Å². The summed E-state index contributed by atoms with van der Waals surface area (Å²) in [5.41, 5.74) is 4.60. The van der Waals surface area contributed by atoms with Gasteiger partial charge in [0.1, 0.15) is 11.1 Å². The van der Waals surface area contributed by atoms with Gasteiger partial charge >= 0.3 is 5.97 Å². The van der Waals surface area contributed by atoms with E-state index in [1.807, 2.05) is 37.4 Å². The lowest BCUT2D eigenvalue weighted by atomic mass is 10.1. The molecular weight excluding hydrogens is 378 g/mol. The first-order valence-electron chi connectivity index (χ1n) is 7.36. The Morgan fingerprint density at radius 3 is 2.60 bits per heavy atom. The quantitative estimate of drug-likeness (QED) is 0.484. The summed E-state index contributed by atoms with van der Waals surface area (Å²) in [6, 6.07) is 15.9. The van der Waals surface area contributed by atoms with Crippen LogP contribution < -0.4 is 5.43 Å². The number of carbonyl (C=O) groups excluding carboxylic acids is 1. The van der Waals surface area contributed by atoms with Crippen molar-refractivity contribution < 1.29 is 9.63 Å². The van der Waals surface area contributed by atoms with Crippen molar-refractivity contribution in [2.24, 2.45) is 5.16 Å². The number of hydrazine groups is 1. The van der Waals surface area contributed by atoms with Crippen LogP contribution >= 0.6 is 35.6 Å². The van der Waals surface area contributed by atoms with Gasteiger partial charge in [-0.25, -0.2) is 10.2 Å². The zero-order valence-electron chi connectivity index (χ0n) is 13.2. The van der Waals surface area contributed by atoms with E-state index in [1.54, 1.807) is 29.3 Å². The fraction of sp³-hybridized carbons (Fsp3) is 0.118. The predicted molar refractivity (Wildman–Crippen MR) is 105 cm³/mol. The highest BCUT2D eigenvalue weighted by atomic mass is 35.5. The van der Waals surface area contributed by atoms with Crippen LogP contribution in [0.25, 0.3) is 0 Å². The Bertz CT molecular complexity index is 812. The van der Waals surface area contributed by atoms with Crippen molar-refractivity contribution in [3.63, 3.8) is 0 Å². The lowest BCUT2D eigenvalue weighted by Crippen LogP contribution is -2.47. The van der Waals surface area contributed by atoms with Gasteiger partial charge in [0.2, 0.25) is 0 Å². The molecule has 5 nitrogen and oxygen atoms in total. The normalized spacial score (nSPS) is 19.1. The molecule has 0 unspecified atom stereocenters. The molecule has 0 aliphatic carbocycles. The summed E-state index contributed by atoms with van der Waals surface area (Å²) >= 11 is 12.4. The van der Waals surface area contributed by atoms with E-state index < -0.39 is 5.97 Å². The Balaban J connectivity index is 1.81. The maximum Gasteiger partial charge on any atom is 0.365 e. The number of oxime groups is 1. The van der Waals surface area contributed by atoms with Crippen molar-refractivity contribution in [1.82, 2.24) is 10.4 Å². The fourth-order valence-electron chi connectivity index (χ4n) is 2.18.